The van der Waals surface area contributed by atoms with E-state index in [1.54, 1.807) is 0 Å². The Hall–Kier alpha value is -1.96. The van der Waals surface area contributed by atoms with Gasteiger partial charge in [-0.1, -0.05) is 82.2 Å². The average Bonchev–Trinajstić information content (AvgIpc) is 2.63. The highest BCUT2D eigenvalue weighted by molar-refractivity contribution is 5.74. The van der Waals surface area contributed by atoms with Crippen LogP contribution >= 0.6 is 0 Å². The van der Waals surface area contributed by atoms with E-state index in [9.17, 15) is 0 Å². The van der Waals surface area contributed by atoms with Crippen LogP contribution < -0.4 is 10.6 Å². The highest BCUT2D eigenvalue weighted by atomic mass is 15.0. The van der Waals surface area contributed by atoms with Crippen molar-refractivity contribution in [1.29, 1.82) is 0 Å². The van der Waals surface area contributed by atoms with Gasteiger partial charge >= 0.3 is 0 Å². The van der Waals surface area contributed by atoms with E-state index in [-0.39, 0.29) is 0 Å². The Labute approximate surface area is 154 Å². The lowest BCUT2D eigenvalue weighted by atomic mass is 10.1. The van der Waals surface area contributed by atoms with Gasteiger partial charge in [-0.2, -0.15) is 0 Å². The second-order valence-corrected chi connectivity index (χ2v) is 6.99. The molecule has 2 aromatic carbocycles. The minimum Gasteiger partial charge on any atom is -0.381 e. The summed E-state index contributed by atoms with van der Waals surface area (Å²) in [6, 6.07) is 19.3. The van der Waals surface area contributed by atoms with Crippen molar-refractivity contribution in [3.05, 3.63) is 54.6 Å². The second-order valence-electron chi connectivity index (χ2n) is 6.99. The third-order valence-electron chi connectivity index (χ3n) is 4.62. The molecule has 2 heteroatoms. The van der Waals surface area contributed by atoms with Crippen LogP contribution in [-0.4, -0.2) is 6.04 Å². The van der Waals surface area contributed by atoms with Gasteiger partial charge in [-0.15, -0.1) is 0 Å². The van der Waals surface area contributed by atoms with Crippen molar-refractivity contribution in [2.75, 3.05) is 10.6 Å². The molecule has 2 aromatic rings. The molecule has 2 nitrogen and oxygen atoms in total. The number of nitrogens with one attached hydrogen (secondary N) is 2. The standard InChI is InChI=1S/C23H34N2/c1-3-4-5-6-7-8-10-15-20(2)24-22-18-13-14-19-23(22)25-21-16-11-9-12-17-21/h9,11-14,16-20,24-25H,3-8,10,15H2,1-2H3. The first-order chi connectivity index (χ1) is 12.3. The summed E-state index contributed by atoms with van der Waals surface area (Å²) in [5.41, 5.74) is 3.44. The molecule has 0 aliphatic carbocycles. The first kappa shape index (κ1) is 19.4. The van der Waals surface area contributed by atoms with Crippen molar-refractivity contribution in [3.8, 4) is 0 Å². The third kappa shape index (κ3) is 7.64. The fourth-order valence-electron chi connectivity index (χ4n) is 3.14. The highest BCUT2D eigenvalue weighted by Crippen LogP contribution is 2.26. The highest BCUT2D eigenvalue weighted by Gasteiger charge is 2.06. The van der Waals surface area contributed by atoms with Crippen LogP contribution in [0.15, 0.2) is 54.6 Å². The fourth-order valence-corrected chi connectivity index (χ4v) is 3.14. The number of rotatable bonds is 12. The first-order valence-electron chi connectivity index (χ1n) is 9.97. The zero-order chi connectivity index (χ0) is 17.7. The van der Waals surface area contributed by atoms with Crippen LogP contribution in [0.25, 0.3) is 0 Å². The van der Waals surface area contributed by atoms with Gasteiger partial charge in [0.25, 0.3) is 0 Å². The summed E-state index contributed by atoms with van der Waals surface area (Å²) < 4.78 is 0. The molecule has 136 valence electrons. The largest absolute Gasteiger partial charge is 0.381 e. The van der Waals surface area contributed by atoms with Crippen molar-refractivity contribution >= 4 is 17.1 Å². The van der Waals surface area contributed by atoms with Gasteiger partial charge in [0.15, 0.2) is 0 Å². The van der Waals surface area contributed by atoms with Crippen LogP contribution in [0.5, 0.6) is 0 Å². The van der Waals surface area contributed by atoms with Crippen LogP contribution in [0.3, 0.4) is 0 Å². The molecule has 0 aromatic heterocycles. The van der Waals surface area contributed by atoms with Gasteiger partial charge in [0.1, 0.15) is 0 Å². The molecule has 0 saturated heterocycles. The predicted molar refractivity (Wildman–Crippen MR) is 112 cm³/mol. The monoisotopic (exact) mass is 338 g/mol. The fraction of sp³-hybridized carbons (Fsp3) is 0.478. The van der Waals surface area contributed by atoms with Gasteiger partial charge in [0.05, 0.1) is 11.4 Å². The molecule has 0 fully saturated rings. The molecule has 0 radical (unpaired) electrons. The SMILES string of the molecule is CCCCCCCCCC(C)Nc1ccccc1Nc1ccccc1. The smallest absolute Gasteiger partial charge is 0.0620 e. The van der Waals surface area contributed by atoms with Gasteiger partial charge in [-0.25, -0.2) is 0 Å². The number of benzene rings is 2. The normalized spacial score (nSPS) is 11.9. The van der Waals surface area contributed by atoms with E-state index in [1.807, 2.05) is 6.07 Å². The Bertz CT molecular complexity index is 580. The molecular formula is C23H34N2. The molecule has 0 amide bonds. The third-order valence-corrected chi connectivity index (χ3v) is 4.62. The minimum absolute atomic E-state index is 0.495. The molecule has 0 bridgehead atoms. The van der Waals surface area contributed by atoms with E-state index in [4.69, 9.17) is 0 Å². The maximum atomic E-state index is 3.68. The van der Waals surface area contributed by atoms with Crippen LogP contribution in [0.2, 0.25) is 0 Å². The van der Waals surface area contributed by atoms with E-state index in [1.165, 1.54) is 57.1 Å². The molecule has 0 spiro atoms. The van der Waals surface area contributed by atoms with Crippen molar-refractivity contribution in [2.45, 2.75) is 71.3 Å². The Balaban J connectivity index is 1.76. The maximum Gasteiger partial charge on any atom is 0.0620 e. The molecule has 0 heterocycles. The zero-order valence-corrected chi connectivity index (χ0v) is 15.9. The van der Waals surface area contributed by atoms with E-state index < -0.39 is 0 Å². The Morgan fingerprint density at radius 3 is 2.04 bits per heavy atom. The van der Waals surface area contributed by atoms with E-state index in [0.29, 0.717) is 6.04 Å². The van der Waals surface area contributed by atoms with Crippen molar-refractivity contribution in [2.24, 2.45) is 0 Å². The number of anilines is 3. The summed E-state index contributed by atoms with van der Waals surface area (Å²) in [5, 5.41) is 7.19. The first-order valence-corrected chi connectivity index (χ1v) is 9.97. The summed E-state index contributed by atoms with van der Waals surface area (Å²) in [4.78, 5) is 0. The molecule has 0 aliphatic rings. The van der Waals surface area contributed by atoms with Crippen LogP contribution in [0.1, 0.15) is 65.2 Å². The molecular weight excluding hydrogens is 304 g/mol. The summed E-state index contributed by atoms with van der Waals surface area (Å²) in [6.45, 7) is 4.56. The number of para-hydroxylation sites is 3. The molecule has 1 atom stereocenters. The van der Waals surface area contributed by atoms with Crippen molar-refractivity contribution in [3.63, 3.8) is 0 Å². The minimum atomic E-state index is 0.495. The number of hydrogen-bond acceptors (Lipinski definition) is 2. The van der Waals surface area contributed by atoms with Gasteiger partial charge in [-0.3, -0.25) is 0 Å². The number of hydrogen-bond donors (Lipinski definition) is 2. The quantitative estimate of drug-likeness (QED) is 0.395. The Morgan fingerprint density at radius 1 is 0.720 bits per heavy atom. The van der Waals surface area contributed by atoms with Crippen molar-refractivity contribution in [1.82, 2.24) is 0 Å². The lowest BCUT2D eigenvalue weighted by molar-refractivity contribution is 0.558. The maximum absolute atomic E-state index is 3.68. The van der Waals surface area contributed by atoms with Crippen molar-refractivity contribution < 1.29 is 0 Å². The van der Waals surface area contributed by atoms with Crippen LogP contribution in [0.4, 0.5) is 17.1 Å². The summed E-state index contributed by atoms with van der Waals surface area (Å²) in [6.07, 6.45) is 10.8. The van der Waals surface area contributed by atoms with Gasteiger partial charge in [-0.05, 0) is 37.6 Å². The Kier molecular flexibility index (Phi) is 8.96. The molecule has 1 unspecified atom stereocenters. The Morgan fingerprint density at radius 2 is 1.32 bits per heavy atom. The molecule has 0 saturated carbocycles. The second kappa shape index (κ2) is 11.6. The average molecular weight is 339 g/mol. The van der Waals surface area contributed by atoms with E-state index in [0.717, 1.165) is 11.4 Å². The molecule has 25 heavy (non-hydrogen) atoms. The van der Waals surface area contributed by atoms with Crippen LogP contribution in [0, 0.1) is 0 Å². The summed E-state index contributed by atoms with van der Waals surface area (Å²) >= 11 is 0. The number of unbranched alkanes of at least 4 members (excludes halogenated alkanes) is 6. The lowest BCUT2D eigenvalue weighted by Gasteiger charge is -2.19. The molecule has 2 rings (SSSR count). The van der Waals surface area contributed by atoms with E-state index in [2.05, 4.69) is 73.0 Å². The topological polar surface area (TPSA) is 24.1 Å². The predicted octanol–water partition coefficient (Wildman–Crippen LogP) is 7.37. The van der Waals surface area contributed by atoms with Gasteiger partial charge in [0.2, 0.25) is 0 Å². The molecule has 0 aliphatic heterocycles. The zero-order valence-electron chi connectivity index (χ0n) is 15.9. The molecule has 2 N–H and O–H groups in total. The van der Waals surface area contributed by atoms with E-state index >= 15 is 0 Å². The summed E-state index contributed by atoms with van der Waals surface area (Å²) in [5.74, 6) is 0. The lowest BCUT2D eigenvalue weighted by Crippen LogP contribution is -2.15. The van der Waals surface area contributed by atoms with Gasteiger partial charge < -0.3 is 10.6 Å². The van der Waals surface area contributed by atoms with Crippen LogP contribution in [-0.2, 0) is 0 Å². The summed E-state index contributed by atoms with van der Waals surface area (Å²) in [7, 11) is 0. The van der Waals surface area contributed by atoms with Gasteiger partial charge in [0, 0.05) is 11.7 Å².